The minimum atomic E-state index is 0. The molecular formula is C31H31N6Y-. The molecule has 2 aromatic carbocycles. The zero-order valence-corrected chi connectivity index (χ0v) is 24.5. The Morgan fingerprint density at radius 3 is 2.58 bits per heavy atom. The summed E-state index contributed by atoms with van der Waals surface area (Å²) in [7, 11) is 0. The summed E-state index contributed by atoms with van der Waals surface area (Å²) in [4.78, 5) is 14.7. The average molecular weight is 577 g/mol. The first kappa shape index (κ1) is 25.6. The summed E-state index contributed by atoms with van der Waals surface area (Å²) in [6, 6.07) is 19.9. The van der Waals surface area contributed by atoms with E-state index in [0.717, 1.165) is 75.2 Å². The van der Waals surface area contributed by atoms with Gasteiger partial charge in [0.1, 0.15) is 17.2 Å². The van der Waals surface area contributed by atoms with E-state index in [2.05, 4.69) is 52.0 Å². The molecule has 4 heterocycles. The number of imidazole rings is 1. The molecule has 3 aromatic heterocycles. The topological polar surface area (TPSA) is 81.1 Å². The van der Waals surface area contributed by atoms with E-state index in [1.54, 1.807) is 6.20 Å². The predicted molar refractivity (Wildman–Crippen MR) is 148 cm³/mol. The van der Waals surface area contributed by atoms with Crippen molar-refractivity contribution >= 4 is 22.2 Å². The number of anilines is 1. The van der Waals surface area contributed by atoms with Gasteiger partial charge in [0.25, 0.3) is 0 Å². The van der Waals surface area contributed by atoms with E-state index in [0.29, 0.717) is 11.7 Å². The van der Waals surface area contributed by atoms with Crippen molar-refractivity contribution in [2.75, 3.05) is 18.8 Å². The predicted octanol–water partition coefficient (Wildman–Crippen LogP) is 5.79. The fourth-order valence-corrected chi connectivity index (χ4v) is 6.41. The van der Waals surface area contributed by atoms with Crippen molar-refractivity contribution in [3.8, 4) is 22.5 Å². The largest absolute Gasteiger partial charge is 0.382 e. The molecular weight excluding hydrogens is 545 g/mol. The van der Waals surface area contributed by atoms with Gasteiger partial charge in [-0.1, -0.05) is 42.0 Å². The molecule has 1 saturated heterocycles. The van der Waals surface area contributed by atoms with E-state index >= 15 is 0 Å². The number of aryl methyl sites for hydroxylation is 1. The zero-order chi connectivity index (χ0) is 24.9. The van der Waals surface area contributed by atoms with Gasteiger partial charge in [-0.3, -0.25) is 4.40 Å². The first-order valence-electron chi connectivity index (χ1n) is 13.4. The molecule has 5 aromatic rings. The third kappa shape index (κ3) is 4.37. The van der Waals surface area contributed by atoms with Gasteiger partial charge >= 0.3 is 0 Å². The zero-order valence-electron chi connectivity index (χ0n) is 21.7. The van der Waals surface area contributed by atoms with E-state index < -0.39 is 0 Å². The van der Waals surface area contributed by atoms with Crippen LogP contribution < -0.4 is 11.1 Å². The van der Waals surface area contributed by atoms with Crippen molar-refractivity contribution in [1.82, 2.24) is 24.7 Å². The van der Waals surface area contributed by atoms with E-state index in [1.807, 2.05) is 30.5 Å². The van der Waals surface area contributed by atoms with Crippen LogP contribution >= 0.6 is 0 Å². The van der Waals surface area contributed by atoms with Gasteiger partial charge in [-0.25, -0.2) is 9.97 Å². The Hall–Kier alpha value is -2.67. The second kappa shape index (κ2) is 10.5. The average Bonchev–Trinajstić information content (AvgIpc) is 3.29. The number of hydrogen-bond acceptors (Lipinski definition) is 5. The second-order valence-corrected chi connectivity index (χ2v) is 10.7. The number of aromatic nitrogens is 4. The van der Waals surface area contributed by atoms with Crippen molar-refractivity contribution in [2.45, 2.75) is 38.5 Å². The number of nitrogens with zero attached hydrogens (tertiary/aromatic N) is 4. The molecule has 0 atom stereocenters. The first-order chi connectivity index (χ1) is 18.2. The van der Waals surface area contributed by atoms with Crippen molar-refractivity contribution < 1.29 is 32.7 Å². The Morgan fingerprint density at radius 1 is 1.00 bits per heavy atom. The molecule has 2 fully saturated rings. The van der Waals surface area contributed by atoms with Gasteiger partial charge in [-0.15, -0.1) is 23.6 Å². The second-order valence-electron chi connectivity index (χ2n) is 10.7. The summed E-state index contributed by atoms with van der Waals surface area (Å²) in [6.07, 6.45) is 8.82. The van der Waals surface area contributed by atoms with Gasteiger partial charge in [0.2, 0.25) is 0 Å². The minimum Gasteiger partial charge on any atom is -0.382 e. The first-order valence-corrected chi connectivity index (χ1v) is 13.4. The third-order valence-corrected chi connectivity index (χ3v) is 8.55. The quantitative estimate of drug-likeness (QED) is 0.265. The molecule has 1 aliphatic heterocycles. The Labute approximate surface area is 248 Å². The molecule has 1 saturated carbocycles. The number of nitrogen functional groups attached to an aromatic ring is 1. The van der Waals surface area contributed by atoms with Crippen LogP contribution in [0.25, 0.3) is 38.9 Å². The van der Waals surface area contributed by atoms with E-state index in [-0.39, 0.29) is 32.7 Å². The summed E-state index contributed by atoms with van der Waals surface area (Å²) in [5, 5.41) is 4.50. The maximum absolute atomic E-state index is 6.47. The smallest absolute Gasteiger partial charge is 0.150 e. The van der Waals surface area contributed by atoms with Crippen LogP contribution in [0.5, 0.6) is 0 Å². The van der Waals surface area contributed by atoms with Crippen molar-refractivity contribution in [2.24, 2.45) is 11.8 Å². The molecule has 0 bridgehead atoms. The molecule has 7 heteroatoms. The fourth-order valence-electron chi connectivity index (χ4n) is 6.41. The van der Waals surface area contributed by atoms with Crippen molar-refractivity contribution in [3.05, 3.63) is 78.4 Å². The molecule has 189 valence electrons. The van der Waals surface area contributed by atoms with Gasteiger partial charge in [0.05, 0.1) is 5.69 Å². The van der Waals surface area contributed by atoms with E-state index in [9.17, 15) is 0 Å². The molecule has 0 amide bonds. The minimum absolute atomic E-state index is 0. The number of pyridine rings is 1. The molecule has 3 N–H and O–H groups in total. The SMILES string of the molecule is Cc1c(-c2nc(C3CC(C4CCNCC4)C3)n3ccnc(N)c23)ccc2[c-]cc(-c3ccccc3)nc12.[Y]. The molecule has 0 spiro atoms. The molecule has 7 rings (SSSR count). The Balaban J connectivity index is 0.00000264. The van der Waals surface area contributed by atoms with Crippen LogP contribution in [0, 0.1) is 24.8 Å². The Bertz CT molecular complexity index is 1600. The Morgan fingerprint density at radius 2 is 1.79 bits per heavy atom. The third-order valence-electron chi connectivity index (χ3n) is 8.55. The number of rotatable bonds is 4. The number of nitrogens with two attached hydrogens (primary N) is 1. The number of fused-ring (bicyclic) bond motifs is 2. The van der Waals surface area contributed by atoms with Gasteiger partial charge in [-0.05, 0) is 79.9 Å². The fraction of sp³-hybridized carbons (Fsp3) is 0.323. The van der Waals surface area contributed by atoms with Crippen molar-refractivity contribution in [3.63, 3.8) is 0 Å². The Kier molecular flexibility index (Phi) is 7.06. The number of benzene rings is 2. The monoisotopic (exact) mass is 576 g/mol. The molecule has 6 nitrogen and oxygen atoms in total. The van der Waals surface area contributed by atoms with Crippen LogP contribution in [0.3, 0.4) is 0 Å². The van der Waals surface area contributed by atoms with Crippen LogP contribution in [-0.4, -0.2) is 32.4 Å². The summed E-state index contributed by atoms with van der Waals surface area (Å²) in [5.41, 5.74) is 13.4. The molecule has 38 heavy (non-hydrogen) atoms. The number of nitrogens with one attached hydrogen (secondary N) is 1. The molecule has 1 aliphatic carbocycles. The van der Waals surface area contributed by atoms with Gasteiger partial charge in [0, 0.05) is 51.0 Å². The summed E-state index contributed by atoms with van der Waals surface area (Å²) in [5.74, 6) is 3.74. The van der Waals surface area contributed by atoms with Gasteiger partial charge in [0.15, 0.2) is 0 Å². The van der Waals surface area contributed by atoms with Crippen LogP contribution in [0.4, 0.5) is 5.82 Å². The van der Waals surface area contributed by atoms with Gasteiger partial charge in [-0.2, -0.15) is 0 Å². The number of piperidine rings is 1. The molecule has 1 radical (unpaired) electrons. The standard InChI is InChI=1S/C31H31N6.Y/c1-19-25(9-7-22-8-10-26(35-27(19)22)21-5-3-2-4-6-21)28-29-30(32)34-15-16-37(29)31(36-28)24-17-23(18-24)20-11-13-33-14-12-20;/h2-7,9-10,15-16,20,23-24,33H,11-14,17-18H2,1H3,(H2,32,34);/q-1;. The normalized spacial score (nSPS) is 19.8. The summed E-state index contributed by atoms with van der Waals surface area (Å²) < 4.78 is 2.19. The number of hydrogen-bond donors (Lipinski definition) is 2. The van der Waals surface area contributed by atoms with Crippen LogP contribution in [0.15, 0.2) is 60.9 Å². The van der Waals surface area contributed by atoms with Crippen molar-refractivity contribution in [1.29, 1.82) is 0 Å². The summed E-state index contributed by atoms with van der Waals surface area (Å²) >= 11 is 0. The molecule has 0 unspecified atom stereocenters. The van der Waals surface area contributed by atoms with Crippen LogP contribution in [0.2, 0.25) is 0 Å². The summed E-state index contributed by atoms with van der Waals surface area (Å²) in [6.45, 7) is 4.44. The maximum atomic E-state index is 6.47. The van der Waals surface area contributed by atoms with E-state index in [1.165, 1.54) is 25.7 Å². The van der Waals surface area contributed by atoms with E-state index in [4.69, 9.17) is 15.7 Å². The van der Waals surface area contributed by atoms with Crippen LogP contribution in [-0.2, 0) is 32.7 Å². The maximum Gasteiger partial charge on any atom is 0.150 e. The van der Waals surface area contributed by atoms with Crippen LogP contribution in [0.1, 0.15) is 43.0 Å². The van der Waals surface area contributed by atoms with Gasteiger partial charge < -0.3 is 16.0 Å². The molecule has 2 aliphatic rings.